The molecule has 0 aliphatic carbocycles. The molecule has 0 unspecified atom stereocenters. The molecule has 0 fully saturated rings. The molecule has 2 aromatic rings. The second-order valence-corrected chi connectivity index (χ2v) is 6.05. The van der Waals surface area contributed by atoms with Crippen molar-refractivity contribution < 1.29 is 4.74 Å². The van der Waals surface area contributed by atoms with Crippen molar-refractivity contribution in [2.24, 2.45) is 0 Å². The predicted octanol–water partition coefficient (Wildman–Crippen LogP) is 3.73. The van der Waals surface area contributed by atoms with E-state index in [2.05, 4.69) is 53.0 Å². The van der Waals surface area contributed by atoms with Gasteiger partial charge in [0.1, 0.15) is 0 Å². The number of benzene rings is 1. The van der Waals surface area contributed by atoms with Crippen molar-refractivity contribution in [3.05, 3.63) is 33.0 Å². The third-order valence-electron chi connectivity index (χ3n) is 3.41. The topological polar surface area (TPSA) is 34.2 Å². The summed E-state index contributed by atoms with van der Waals surface area (Å²) in [6, 6.07) is 6.44. The van der Waals surface area contributed by atoms with Crippen molar-refractivity contribution in [3.8, 4) is 0 Å². The Morgan fingerprint density at radius 2 is 2.32 bits per heavy atom. The largest absolute Gasteiger partial charge is 0.384 e. The van der Waals surface area contributed by atoms with Crippen LogP contribution in [0.3, 0.4) is 0 Å². The molecule has 3 nitrogen and oxygen atoms in total. The molecule has 0 atom stereocenters. The van der Waals surface area contributed by atoms with E-state index >= 15 is 0 Å². The Hall–Kier alpha value is -0.880. The molecule has 0 saturated carbocycles. The van der Waals surface area contributed by atoms with Gasteiger partial charge in [0, 0.05) is 27.5 Å². The molecular formula is C15H17IN2O. The number of aromatic nitrogens is 1. The first-order chi connectivity index (χ1) is 9.29. The van der Waals surface area contributed by atoms with Gasteiger partial charge in [-0.3, -0.25) is 4.98 Å². The molecule has 0 radical (unpaired) electrons. The first kappa shape index (κ1) is 13.1. The Morgan fingerprint density at radius 3 is 3.16 bits per heavy atom. The van der Waals surface area contributed by atoms with E-state index in [1.807, 2.05) is 0 Å². The second kappa shape index (κ2) is 5.63. The highest BCUT2D eigenvalue weighted by atomic mass is 127. The van der Waals surface area contributed by atoms with Crippen LogP contribution in [0.4, 0.5) is 5.69 Å². The van der Waals surface area contributed by atoms with Crippen LogP contribution in [0.1, 0.15) is 24.6 Å². The number of pyridine rings is 1. The first-order valence-electron chi connectivity index (χ1n) is 6.72. The van der Waals surface area contributed by atoms with Crippen LogP contribution in [0.5, 0.6) is 0 Å². The van der Waals surface area contributed by atoms with Gasteiger partial charge < -0.3 is 10.1 Å². The van der Waals surface area contributed by atoms with Crippen LogP contribution in [-0.4, -0.2) is 18.1 Å². The fourth-order valence-electron chi connectivity index (χ4n) is 2.48. The quantitative estimate of drug-likeness (QED) is 0.839. The van der Waals surface area contributed by atoms with Crippen molar-refractivity contribution in [2.45, 2.75) is 26.4 Å². The molecular weight excluding hydrogens is 351 g/mol. The van der Waals surface area contributed by atoms with Crippen molar-refractivity contribution in [2.75, 3.05) is 18.5 Å². The van der Waals surface area contributed by atoms with Gasteiger partial charge in [-0.2, -0.15) is 0 Å². The van der Waals surface area contributed by atoms with Gasteiger partial charge in [0.05, 0.1) is 30.1 Å². The van der Waals surface area contributed by atoms with Crippen molar-refractivity contribution in [1.29, 1.82) is 0 Å². The van der Waals surface area contributed by atoms with Crippen LogP contribution >= 0.6 is 22.6 Å². The van der Waals surface area contributed by atoms with E-state index in [0.29, 0.717) is 6.61 Å². The first-order valence-corrected chi connectivity index (χ1v) is 7.80. The van der Waals surface area contributed by atoms with Crippen LogP contribution in [0.2, 0.25) is 0 Å². The highest BCUT2D eigenvalue weighted by Gasteiger charge is 2.18. The van der Waals surface area contributed by atoms with Crippen molar-refractivity contribution in [3.63, 3.8) is 0 Å². The van der Waals surface area contributed by atoms with E-state index in [4.69, 9.17) is 9.72 Å². The summed E-state index contributed by atoms with van der Waals surface area (Å²) >= 11 is 2.35. The van der Waals surface area contributed by atoms with E-state index < -0.39 is 0 Å². The third kappa shape index (κ3) is 2.56. The van der Waals surface area contributed by atoms with Gasteiger partial charge >= 0.3 is 0 Å². The summed E-state index contributed by atoms with van der Waals surface area (Å²) in [7, 11) is 0. The molecule has 0 spiro atoms. The number of rotatable bonds is 3. The lowest BCUT2D eigenvalue weighted by Crippen LogP contribution is -2.15. The van der Waals surface area contributed by atoms with E-state index in [1.54, 1.807) is 0 Å². The van der Waals surface area contributed by atoms with Crippen molar-refractivity contribution >= 4 is 39.2 Å². The number of hydrogen-bond acceptors (Lipinski definition) is 3. The molecule has 1 aliphatic rings. The minimum absolute atomic E-state index is 0.676. The van der Waals surface area contributed by atoms with Crippen LogP contribution in [0.15, 0.2) is 18.2 Å². The summed E-state index contributed by atoms with van der Waals surface area (Å²) in [5.41, 5.74) is 4.74. The number of nitrogens with zero attached hydrogens (tertiary/aromatic N) is 1. The molecule has 1 aliphatic heterocycles. The Bertz CT molecular complexity index is 613. The number of ether oxygens (including phenoxy) is 1. The number of anilines is 1. The Balaban J connectivity index is 2.21. The van der Waals surface area contributed by atoms with Crippen molar-refractivity contribution in [1.82, 2.24) is 4.98 Å². The molecule has 1 aromatic heterocycles. The summed E-state index contributed by atoms with van der Waals surface area (Å²) in [6.45, 7) is 4.62. The van der Waals surface area contributed by atoms with E-state index in [0.717, 1.165) is 31.5 Å². The summed E-state index contributed by atoms with van der Waals surface area (Å²) in [4.78, 5) is 4.80. The number of nitrogens with one attached hydrogen (secondary N) is 1. The van der Waals surface area contributed by atoms with E-state index in [9.17, 15) is 0 Å². The van der Waals surface area contributed by atoms with Gasteiger partial charge in [0.25, 0.3) is 0 Å². The fourth-order valence-corrected chi connectivity index (χ4v) is 2.97. The average molecular weight is 368 g/mol. The summed E-state index contributed by atoms with van der Waals surface area (Å²) in [5, 5.41) is 4.78. The van der Waals surface area contributed by atoms with E-state index in [-0.39, 0.29) is 0 Å². The van der Waals surface area contributed by atoms with Gasteiger partial charge in [-0.15, -0.1) is 0 Å². The summed E-state index contributed by atoms with van der Waals surface area (Å²) in [6.07, 6.45) is 2.03. The van der Waals surface area contributed by atoms with Crippen LogP contribution < -0.4 is 5.32 Å². The maximum atomic E-state index is 5.61. The molecule has 1 N–H and O–H groups in total. The Morgan fingerprint density at radius 1 is 1.42 bits per heavy atom. The SMILES string of the molecule is CCCNc1c2c(nc3ccc(I)cc13)CCOC2. The molecule has 100 valence electrons. The summed E-state index contributed by atoms with van der Waals surface area (Å²) in [5.74, 6) is 0. The van der Waals surface area contributed by atoms with Gasteiger partial charge in [0.2, 0.25) is 0 Å². The second-order valence-electron chi connectivity index (χ2n) is 4.80. The lowest BCUT2D eigenvalue weighted by atomic mass is 10.0. The number of hydrogen-bond donors (Lipinski definition) is 1. The summed E-state index contributed by atoms with van der Waals surface area (Å²) < 4.78 is 6.85. The minimum atomic E-state index is 0.676. The van der Waals surface area contributed by atoms with Gasteiger partial charge in [-0.05, 0) is 47.2 Å². The Kier molecular flexibility index (Phi) is 3.88. The molecule has 1 aromatic carbocycles. The fraction of sp³-hybridized carbons (Fsp3) is 0.400. The van der Waals surface area contributed by atoms with Crippen LogP contribution in [0, 0.1) is 3.57 Å². The highest BCUT2D eigenvalue weighted by Crippen LogP contribution is 2.32. The van der Waals surface area contributed by atoms with E-state index in [1.165, 1.54) is 25.9 Å². The monoisotopic (exact) mass is 368 g/mol. The van der Waals surface area contributed by atoms with Crippen LogP contribution in [-0.2, 0) is 17.8 Å². The molecule has 0 amide bonds. The normalized spacial score (nSPS) is 14.4. The van der Waals surface area contributed by atoms with Crippen LogP contribution in [0.25, 0.3) is 10.9 Å². The van der Waals surface area contributed by atoms with Gasteiger partial charge in [0.15, 0.2) is 0 Å². The minimum Gasteiger partial charge on any atom is -0.384 e. The third-order valence-corrected chi connectivity index (χ3v) is 4.09. The maximum Gasteiger partial charge on any atom is 0.0755 e. The molecule has 0 bridgehead atoms. The lowest BCUT2D eigenvalue weighted by molar-refractivity contribution is 0.110. The molecule has 19 heavy (non-hydrogen) atoms. The Labute approximate surface area is 126 Å². The highest BCUT2D eigenvalue weighted by molar-refractivity contribution is 14.1. The molecule has 3 rings (SSSR count). The van der Waals surface area contributed by atoms with Gasteiger partial charge in [-0.25, -0.2) is 0 Å². The standard InChI is InChI=1S/C15H17IN2O/c1-2-6-17-15-11-8-10(16)3-4-13(11)18-14-5-7-19-9-12(14)15/h3-4,8H,2,5-7,9H2,1H3,(H,17,18). The lowest BCUT2D eigenvalue weighted by Gasteiger charge is -2.22. The zero-order valence-corrected chi connectivity index (χ0v) is 13.2. The zero-order valence-electron chi connectivity index (χ0n) is 11.0. The molecule has 4 heteroatoms. The zero-order chi connectivity index (χ0) is 13.2. The number of fused-ring (bicyclic) bond motifs is 2. The number of halogens is 1. The molecule has 0 saturated heterocycles. The predicted molar refractivity (Wildman–Crippen MR) is 86.6 cm³/mol. The average Bonchev–Trinajstić information content (AvgIpc) is 2.44. The van der Waals surface area contributed by atoms with Gasteiger partial charge in [-0.1, -0.05) is 6.92 Å². The maximum absolute atomic E-state index is 5.61. The molecule has 2 heterocycles. The smallest absolute Gasteiger partial charge is 0.0755 e.